The molecule has 2 heteroatoms. The molecule has 2 unspecified atom stereocenters. The number of hydrogen-bond donors (Lipinski definition) is 1. The fraction of sp³-hybridized carbons (Fsp3) is 0.238. The minimum absolute atomic E-state index is 0.0264. The third-order valence-corrected chi connectivity index (χ3v) is 4.31. The third kappa shape index (κ3) is 3.44. The summed E-state index contributed by atoms with van der Waals surface area (Å²) in [6.45, 7) is 0.796. The van der Waals surface area contributed by atoms with Crippen molar-refractivity contribution in [3.05, 3.63) is 83.9 Å². The molecule has 1 N–H and O–H groups in total. The van der Waals surface area contributed by atoms with Crippen molar-refractivity contribution in [2.75, 3.05) is 20.6 Å². The van der Waals surface area contributed by atoms with Gasteiger partial charge in [0, 0.05) is 12.5 Å². The summed E-state index contributed by atoms with van der Waals surface area (Å²) in [7, 11) is 4.10. The molecule has 118 valence electrons. The van der Waals surface area contributed by atoms with E-state index in [0.29, 0.717) is 0 Å². The zero-order chi connectivity index (χ0) is 16.2. The molecule has 3 aromatic carbocycles. The zero-order valence-electron chi connectivity index (χ0n) is 13.7. The second-order valence-corrected chi connectivity index (χ2v) is 6.29. The topological polar surface area (TPSA) is 23.5 Å². The molecule has 0 spiro atoms. The van der Waals surface area contributed by atoms with E-state index in [4.69, 9.17) is 0 Å². The SMILES string of the molecule is CN(C)CC(c1cccc2ccccc12)C(O)c1ccccc1. The Balaban J connectivity index is 2.08. The number of aliphatic hydroxyl groups excluding tert-OH is 1. The quantitative estimate of drug-likeness (QED) is 0.763. The number of rotatable bonds is 5. The first kappa shape index (κ1) is 15.7. The van der Waals surface area contributed by atoms with Crippen LogP contribution in [0.25, 0.3) is 10.8 Å². The predicted molar refractivity (Wildman–Crippen MR) is 96.6 cm³/mol. The molecular formula is C21H23NO. The van der Waals surface area contributed by atoms with Gasteiger partial charge in [0.15, 0.2) is 0 Å². The Labute approximate surface area is 138 Å². The average molecular weight is 305 g/mol. The monoisotopic (exact) mass is 305 g/mol. The highest BCUT2D eigenvalue weighted by atomic mass is 16.3. The van der Waals surface area contributed by atoms with Gasteiger partial charge < -0.3 is 10.0 Å². The summed E-state index contributed by atoms with van der Waals surface area (Å²) in [6, 6.07) is 24.7. The molecule has 3 rings (SSSR count). The third-order valence-electron chi connectivity index (χ3n) is 4.31. The number of fused-ring (bicyclic) bond motifs is 1. The molecule has 0 aliphatic rings. The second kappa shape index (κ2) is 6.95. The van der Waals surface area contributed by atoms with Gasteiger partial charge in [0.25, 0.3) is 0 Å². The summed E-state index contributed by atoms with van der Waals surface area (Å²) in [4.78, 5) is 2.14. The fourth-order valence-corrected chi connectivity index (χ4v) is 3.22. The highest BCUT2D eigenvalue weighted by Gasteiger charge is 2.24. The Morgan fingerprint density at radius 3 is 2.22 bits per heavy atom. The highest BCUT2D eigenvalue weighted by Crippen LogP contribution is 2.35. The van der Waals surface area contributed by atoms with Gasteiger partial charge >= 0.3 is 0 Å². The van der Waals surface area contributed by atoms with Crippen molar-refractivity contribution in [2.24, 2.45) is 0 Å². The van der Waals surface area contributed by atoms with Crippen LogP contribution in [0.4, 0.5) is 0 Å². The van der Waals surface area contributed by atoms with Crippen LogP contribution in [-0.4, -0.2) is 30.6 Å². The maximum atomic E-state index is 11.0. The van der Waals surface area contributed by atoms with Crippen LogP contribution in [0.3, 0.4) is 0 Å². The molecule has 0 saturated carbocycles. The van der Waals surface area contributed by atoms with E-state index in [1.807, 2.05) is 30.3 Å². The first-order chi connectivity index (χ1) is 11.2. The number of aliphatic hydroxyl groups is 1. The van der Waals surface area contributed by atoms with Crippen LogP contribution in [0.2, 0.25) is 0 Å². The van der Waals surface area contributed by atoms with Gasteiger partial charge in [-0.1, -0.05) is 72.8 Å². The Kier molecular flexibility index (Phi) is 4.75. The molecule has 0 aliphatic heterocycles. The average Bonchev–Trinajstić information content (AvgIpc) is 2.59. The summed E-state index contributed by atoms with van der Waals surface area (Å²) in [5, 5.41) is 13.5. The van der Waals surface area contributed by atoms with Gasteiger partial charge in [-0.05, 0) is 36.0 Å². The van der Waals surface area contributed by atoms with E-state index < -0.39 is 6.10 Å². The van der Waals surface area contributed by atoms with Crippen LogP contribution in [0.15, 0.2) is 72.8 Å². The standard InChI is InChI=1S/C21H23NO/c1-22(2)15-20(21(23)17-10-4-3-5-11-17)19-14-8-12-16-9-6-7-13-18(16)19/h3-14,20-21,23H,15H2,1-2H3. The molecule has 0 fully saturated rings. The van der Waals surface area contributed by atoms with Crippen molar-refractivity contribution in [1.29, 1.82) is 0 Å². The van der Waals surface area contributed by atoms with Gasteiger partial charge in [-0.2, -0.15) is 0 Å². The fourth-order valence-electron chi connectivity index (χ4n) is 3.22. The van der Waals surface area contributed by atoms with E-state index >= 15 is 0 Å². The van der Waals surface area contributed by atoms with E-state index in [9.17, 15) is 5.11 Å². The Bertz CT molecular complexity index is 762. The molecule has 3 aromatic rings. The summed E-state index contributed by atoms with van der Waals surface area (Å²) >= 11 is 0. The van der Waals surface area contributed by atoms with Crippen molar-refractivity contribution in [2.45, 2.75) is 12.0 Å². The molecule has 0 saturated heterocycles. The van der Waals surface area contributed by atoms with Crippen molar-refractivity contribution in [1.82, 2.24) is 4.90 Å². The van der Waals surface area contributed by atoms with E-state index in [0.717, 1.165) is 12.1 Å². The smallest absolute Gasteiger partial charge is 0.0871 e. The lowest BCUT2D eigenvalue weighted by atomic mass is 9.86. The Hall–Kier alpha value is -2.16. The van der Waals surface area contributed by atoms with Gasteiger partial charge in [-0.15, -0.1) is 0 Å². The number of hydrogen-bond acceptors (Lipinski definition) is 2. The maximum absolute atomic E-state index is 11.0. The van der Waals surface area contributed by atoms with Gasteiger partial charge in [0.1, 0.15) is 0 Å². The Morgan fingerprint density at radius 2 is 1.48 bits per heavy atom. The number of nitrogens with zero attached hydrogens (tertiary/aromatic N) is 1. The molecule has 0 radical (unpaired) electrons. The van der Waals surface area contributed by atoms with Gasteiger partial charge in [-0.25, -0.2) is 0 Å². The van der Waals surface area contributed by atoms with E-state index in [1.165, 1.54) is 16.3 Å². The van der Waals surface area contributed by atoms with Crippen molar-refractivity contribution >= 4 is 10.8 Å². The molecule has 0 aromatic heterocycles. The summed E-state index contributed by atoms with van der Waals surface area (Å²) in [5.74, 6) is 0.0264. The van der Waals surface area contributed by atoms with Gasteiger partial charge in [0.05, 0.1) is 6.10 Å². The predicted octanol–water partition coefficient (Wildman–Crippen LogP) is 4.22. The van der Waals surface area contributed by atoms with Crippen LogP contribution in [0.5, 0.6) is 0 Å². The highest BCUT2D eigenvalue weighted by molar-refractivity contribution is 5.86. The van der Waals surface area contributed by atoms with Crippen molar-refractivity contribution in [3.63, 3.8) is 0 Å². The van der Waals surface area contributed by atoms with E-state index in [1.54, 1.807) is 0 Å². The van der Waals surface area contributed by atoms with E-state index in [-0.39, 0.29) is 5.92 Å². The normalized spacial score (nSPS) is 14.1. The Morgan fingerprint density at radius 1 is 0.826 bits per heavy atom. The number of likely N-dealkylation sites (N-methyl/N-ethyl adjacent to an activating group) is 1. The molecule has 0 bridgehead atoms. The minimum Gasteiger partial charge on any atom is -0.388 e. The molecule has 0 amide bonds. The van der Waals surface area contributed by atoms with Gasteiger partial charge in [0.2, 0.25) is 0 Å². The second-order valence-electron chi connectivity index (χ2n) is 6.29. The van der Waals surface area contributed by atoms with Crippen molar-refractivity contribution in [3.8, 4) is 0 Å². The van der Waals surface area contributed by atoms with Crippen LogP contribution in [0, 0.1) is 0 Å². The molecular weight excluding hydrogens is 282 g/mol. The zero-order valence-corrected chi connectivity index (χ0v) is 13.7. The molecule has 0 aliphatic carbocycles. The first-order valence-electron chi connectivity index (χ1n) is 8.02. The summed E-state index contributed by atoms with van der Waals surface area (Å²) in [5.41, 5.74) is 2.17. The van der Waals surface area contributed by atoms with Gasteiger partial charge in [-0.3, -0.25) is 0 Å². The van der Waals surface area contributed by atoms with Crippen LogP contribution < -0.4 is 0 Å². The lowest BCUT2D eigenvalue weighted by molar-refractivity contribution is 0.129. The van der Waals surface area contributed by atoms with Crippen molar-refractivity contribution < 1.29 is 5.11 Å². The summed E-state index contributed by atoms with van der Waals surface area (Å²) in [6.07, 6.45) is -0.524. The lowest BCUT2D eigenvalue weighted by Crippen LogP contribution is -2.25. The number of benzene rings is 3. The first-order valence-corrected chi connectivity index (χ1v) is 8.02. The minimum atomic E-state index is -0.524. The molecule has 2 nitrogen and oxygen atoms in total. The molecule has 0 heterocycles. The summed E-state index contributed by atoms with van der Waals surface area (Å²) < 4.78 is 0. The van der Waals surface area contributed by atoms with Crippen LogP contribution >= 0.6 is 0 Å². The van der Waals surface area contributed by atoms with Crippen LogP contribution in [0.1, 0.15) is 23.1 Å². The lowest BCUT2D eigenvalue weighted by Gasteiger charge is -2.28. The molecule has 2 atom stereocenters. The van der Waals surface area contributed by atoms with Crippen LogP contribution in [-0.2, 0) is 0 Å². The maximum Gasteiger partial charge on any atom is 0.0871 e. The van der Waals surface area contributed by atoms with E-state index in [2.05, 4.69) is 61.5 Å². The largest absolute Gasteiger partial charge is 0.388 e. The molecule has 23 heavy (non-hydrogen) atoms.